The smallest absolute Gasteiger partial charge is 0.338 e. The number of aromatic nitrogens is 2. The Hall–Kier alpha value is -3.87. The van der Waals surface area contributed by atoms with E-state index in [0.29, 0.717) is 20.6 Å². The van der Waals surface area contributed by atoms with Crippen molar-refractivity contribution in [2.45, 2.75) is 38.3 Å². The lowest BCUT2D eigenvalue weighted by Crippen LogP contribution is -2.39. The first-order chi connectivity index (χ1) is 18.4. The summed E-state index contributed by atoms with van der Waals surface area (Å²) in [5.74, 6) is -0.475. The van der Waals surface area contributed by atoms with E-state index in [9.17, 15) is 14.9 Å². The molecule has 0 spiro atoms. The highest BCUT2D eigenvalue weighted by Gasteiger charge is 2.33. The van der Waals surface area contributed by atoms with Crippen LogP contribution in [0.5, 0.6) is 0 Å². The Kier molecular flexibility index (Phi) is 7.11. The van der Waals surface area contributed by atoms with E-state index in [4.69, 9.17) is 4.74 Å². The summed E-state index contributed by atoms with van der Waals surface area (Å²) in [5.41, 5.74) is 4.24. The third kappa shape index (κ3) is 4.30. The molecule has 0 amide bonds. The number of carbonyl (C=O) groups excluding carboxylic acids is 1. The van der Waals surface area contributed by atoms with Crippen LogP contribution in [0.15, 0.2) is 74.5 Å². The van der Waals surface area contributed by atoms with Gasteiger partial charge in [0.25, 0.3) is 5.56 Å². The van der Waals surface area contributed by atoms with E-state index in [-0.39, 0.29) is 18.7 Å². The number of benzene rings is 2. The number of hydrogen-bond donors (Lipinski definition) is 0. The number of para-hydroxylation sites is 1. The van der Waals surface area contributed by atoms with Crippen LogP contribution >= 0.6 is 23.1 Å². The summed E-state index contributed by atoms with van der Waals surface area (Å²) in [5, 5.41) is 10.3. The number of esters is 1. The number of thiazole rings is 1. The average molecular weight is 543 g/mol. The van der Waals surface area contributed by atoms with Crippen LogP contribution in [0, 0.1) is 18.3 Å². The number of hydrogen-bond acceptors (Lipinski definition) is 7. The molecule has 9 heteroatoms. The summed E-state index contributed by atoms with van der Waals surface area (Å²) in [6.45, 7) is 5.95. The summed E-state index contributed by atoms with van der Waals surface area (Å²) >= 11 is 2.92. The predicted octanol–water partition coefficient (Wildman–Crippen LogP) is 4.31. The van der Waals surface area contributed by atoms with Gasteiger partial charge in [0.1, 0.15) is 6.54 Å². The molecule has 0 aliphatic carbocycles. The molecule has 0 saturated carbocycles. The van der Waals surface area contributed by atoms with Crippen LogP contribution in [-0.4, -0.2) is 28.0 Å². The number of fused-ring (bicyclic) bond motifs is 2. The highest BCUT2D eigenvalue weighted by Crippen LogP contribution is 2.32. The zero-order valence-corrected chi connectivity index (χ0v) is 23.2. The average Bonchev–Trinajstić information content (AvgIpc) is 3.37. The van der Waals surface area contributed by atoms with Crippen molar-refractivity contribution in [3.05, 3.63) is 96.3 Å². The molecule has 2 aromatic carbocycles. The summed E-state index contributed by atoms with van der Waals surface area (Å²) in [4.78, 5) is 33.4. The van der Waals surface area contributed by atoms with Gasteiger partial charge in [0, 0.05) is 27.1 Å². The lowest BCUT2D eigenvalue weighted by Gasteiger charge is -2.24. The van der Waals surface area contributed by atoms with Crippen LogP contribution in [0.2, 0.25) is 0 Å². The summed E-state index contributed by atoms with van der Waals surface area (Å²) in [6, 6.07) is 17.3. The molecule has 1 unspecified atom stereocenters. The lowest BCUT2D eigenvalue weighted by atomic mass is 9.96. The molecule has 38 heavy (non-hydrogen) atoms. The van der Waals surface area contributed by atoms with Crippen molar-refractivity contribution in [1.29, 1.82) is 5.26 Å². The van der Waals surface area contributed by atoms with E-state index in [0.717, 1.165) is 32.6 Å². The molecule has 2 aromatic heterocycles. The molecule has 0 N–H and O–H groups in total. The molecule has 1 aliphatic rings. The third-order valence-corrected chi connectivity index (χ3v) is 8.46. The van der Waals surface area contributed by atoms with Crippen LogP contribution in [0.4, 0.5) is 0 Å². The van der Waals surface area contributed by atoms with Gasteiger partial charge >= 0.3 is 5.97 Å². The lowest BCUT2D eigenvalue weighted by molar-refractivity contribution is -0.139. The monoisotopic (exact) mass is 542 g/mol. The fourth-order valence-electron chi connectivity index (χ4n) is 4.94. The number of nitriles is 1. The number of thioether (sulfide) groups is 1. The Morgan fingerprint density at radius 2 is 1.95 bits per heavy atom. The molecule has 192 valence electrons. The second kappa shape index (κ2) is 10.5. The van der Waals surface area contributed by atoms with E-state index in [1.165, 1.54) is 11.3 Å². The van der Waals surface area contributed by atoms with Crippen molar-refractivity contribution in [2.75, 3.05) is 12.9 Å². The van der Waals surface area contributed by atoms with Gasteiger partial charge in [-0.1, -0.05) is 41.7 Å². The molecule has 4 aromatic rings. The first-order valence-corrected chi connectivity index (χ1v) is 14.2. The maximum atomic E-state index is 14.0. The van der Waals surface area contributed by atoms with Gasteiger partial charge in [-0.05, 0) is 56.9 Å². The highest BCUT2D eigenvalue weighted by molar-refractivity contribution is 7.98. The molecule has 7 nitrogen and oxygen atoms in total. The van der Waals surface area contributed by atoms with Crippen LogP contribution in [-0.2, 0) is 16.1 Å². The summed E-state index contributed by atoms with van der Waals surface area (Å²) in [7, 11) is 0. The molecular weight excluding hydrogens is 516 g/mol. The number of nitrogens with zero attached hydrogens (tertiary/aromatic N) is 4. The van der Waals surface area contributed by atoms with Gasteiger partial charge in [0.2, 0.25) is 0 Å². The van der Waals surface area contributed by atoms with Crippen molar-refractivity contribution in [1.82, 2.24) is 9.13 Å². The Labute approximate surface area is 228 Å². The van der Waals surface area contributed by atoms with Crippen LogP contribution < -0.4 is 14.9 Å². The summed E-state index contributed by atoms with van der Waals surface area (Å²) in [6.07, 6.45) is 3.88. The Bertz CT molecular complexity index is 1820. The molecule has 1 atom stereocenters. The quantitative estimate of drug-likeness (QED) is 0.268. The SMILES string of the molecule is CCOC(=O)C1=C(C)N=c2s/c(=C\c3c(C)n(CC#N)c4ccccc34)c(=O)n2C1c1ccc(SC)cc1. The van der Waals surface area contributed by atoms with Crippen molar-refractivity contribution in [3.63, 3.8) is 0 Å². The minimum Gasteiger partial charge on any atom is -0.463 e. The molecule has 5 rings (SSSR count). The molecular formula is C29H26N4O3S2. The number of allylic oxidation sites excluding steroid dienone is 1. The molecule has 1 aliphatic heterocycles. The number of rotatable bonds is 6. The standard InChI is InChI=1S/C29H26N4O3S2/c1-5-36-28(35)25-17(2)31-29-33(26(25)19-10-12-20(37-4)13-11-19)27(34)24(38-29)16-22-18(3)32(15-14-30)23-9-7-6-8-21(22)23/h6-13,16,26H,5,15H2,1-4H3/b24-16-. The normalized spacial score (nSPS) is 15.3. The minimum atomic E-state index is -0.649. The maximum absolute atomic E-state index is 14.0. The zero-order chi connectivity index (χ0) is 27.0. The van der Waals surface area contributed by atoms with Crippen LogP contribution in [0.3, 0.4) is 0 Å². The first-order valence-electron chi connectivity index (χ1n) is 12.2. The van der Waals surface area contributed by atoms with Crippen molar-refractivity contribution < 1.29 is 9.53 Å². The van der Waals surface area contributed by atoms with E-state index in [2.05, 4.69) is 11.1 Å². The summed E-state index contributed by atoms with van der Waals surface area (Å²) < 4.78 is 9.46. The largest absolute Gasteiger partial charge is 0.463 e. The van der Waals surface area contributed by atoms with Crippen LogP contribution in [0.25, 0.3) is 17.0 Å². The third-order valence-electron chi connectivity index (χ3n) is 6.73. The van der Waals surface area contributed by atoms with Gasteiger partial charge in [-0.15, -0.1) is 11.8 Å². The second-order valence-electron chi connectivity index (χ2n) is 8.84. The predicted molar refractivity (Wildman–Crippen MR) is 151 cm³/mol. The maximum Gasteiger partial charge on any atom is 0.338 e. The van der Waals surface area contributed by atoms with Gasteiger partial charge in [0.15, 0.2) is 4.80 Å². The Morgan fingerprint density at radius 1 is 1.21 bits per heavy atom. The van der Waals surface area contributed by atoms with Gasteiger partial charge < -0.3 is 9.30 Å². The van der Waals surface area contributed by atoms with Gasteiger partial charge in [0.05, 0.1) is 34.5 Å². The molecule has 0 fully saturated rings. The Balaban J connectivity index is 1.76. The molecule has 3 heterocycles. The molecule has 0 saturated heterocycles. The van der Waals surface area contributed by atoms with Gasteiger partial charge in [-0.3, -0.25) is 9.36 Å². The highest BCUT2D eigenvalue weighted by atomic mass is 32.2. The van der Waals surface area contributed by atoms with Gasteiger partial charge in [-0.2, -0.15) is 5.26 Å². The second-order valence-corrected chi connectivity index (χ2v) is 10.7. The zero-order valence-electron chi connectivity index (χ0n) is 21.5. The Morgan fingerprint density at radius 3 is 2.63 bits per heavy atom. The minimum absolute atomic E-state index is 0.218. The van der Waals surface area contributed by atoms with Crippen molar-refractivity contribution in [2.24, 2.45) is 4.99 Å². The van der Waals surface area contributed by atoms with E-state index in [1.807, 2.05) is 72.4 Å². The number of carbonyl (C=O) groups is 1. The van der Waals surface area contributed by atoms with Gasteiger partial charge in [-0.25, -0.2) is 9.79 Å². The van der Waals surface area contributed by atoms with Crippen molar-refractivity contribution >= 4 is 46.0 Å². The van der Waals surface area contributed by atoms with E-state index >= 15 is 0 Å². The fourth-order valence-corrected chi connectivity index (χ4v) is 6.38. The topological polar surface area (TPSA) is 89.4 Å². The van der Waals surface area contributed by atoms with Crippen molar-refractivity contribution in [3.8, 4) is 6.07 Å². The molecule has 0 bridgehead atoms. The molecule has 0 radical (unpaired) electrons. The van der Waals surface area contributed by atoms with E-state index < -0.39 is 12.0 Å². The van der Waals surface area contributed by atoms with Crippen LogP contribution in [0.1, 0.15) is 36.7 Å². The number of ether oxygens (including phenoxy) is 1. The van der Waals surface area contributed by atoms with E-state index in [1.54, 1.807) is 30.2 Å². The fraction of sp³-hybridized carbons (Fsp3) is 0.241. The first kappa shape index (κ1) is 25.8.